The molecular formula is C17H15N5O4. The van der Waals surface area contributed by atoms with Crippen LogP contribution in [0.2, 0.25) is 0 Å². The molecule has 0 spiro atoms. The highest BCUT2D eigenvalue weighted by atomic mass is 16.2. The summed E-state index contributed by atoms with van der Waals surface area (Å²) in [6.07, 6.45) is 2.45. The average molecular weight is 353 g/mol. The Hall–Kier alpha value is -3.75. The van der Waals surface area contributed by atoms with Gasteiger partial charge in [0.1, 0.15) is 5.56 Å². The van der Waals surface area contributed by atoms with Crippen LogP contribution < -0.4 is 22.1 Å². The van der Waals surface area contributed by atoms with Crippen LogP contribution in [0.15, 0.2) is 63.3 Å². The van der Waals surface area contributed by atoms with Gasteiger partial charge in [-0.15, -0.1) is 0 Å². The van der Waals surface area contributed by atoms with Crippen molar-refractivity contribution in [3.63, 3.8) is 0 Å². The van der Waals surface area contributed by atoms with Gasteiger partial charge in [-0.1, -0.05) is 30.3 Å². The maximum atomic E-state index is 12.2. The van der Waals surface area contributed by atoms with Crippen molar-refractivity contribution in [2.45, 2.75) is 6.54 Å². The molecular weight excluding hydrogens is 338 g/mol. The van der Waals surface area contributed by atoms with Crippen LogP contribution in [0.1, 0.15) is 10.4 Å². The van der Waals surface area contributed by atoms with Gasteiger partial charge in [0.15, 0.2) is 0 Å². The molecule has 0 atom stereocenters. The first-order valence-corrected chi connectivity index (χ1v) is 7.77. The topological polar surface area (TPSA) is 130 Å². The number of hydrogen-bond acceptors (Lipinski definition) is 5. The first kappa shape index (κ1) is 17.1. The predicted octanol–water partition coefficient (Wildman–Crippen LogP) is -0.283. The van der Waals surface area contributed by atoms with Gasteiger partial charge in [0.25, 0.3) is 17.0 Å². The summed E-state index contributed by atoms with van der Waals surface area (Å²) in [5.41, 5.74) is -0.539. The molecule has 0 fully saturated rings. The number of H-pyrrole nitrogens is 2. The van der Waals surface area contributed by atoms with E-state index in [1.54, 1.807) is 0 Å². The lowest BCUT2D eigenvalue weighted by Gasteiger charge is -2.08. The summed E-state index contributed by atoms with van der Waals surface area (Å²) in [5.74, 6) is -0.649. The summed E-state index contributed by atoms with van der Waals surface area (Å²) in [7, 11) is 0. The lowest BCUT2D eigenvalue weighted by atomic mass is 10.1. The van der Waals surface area contributed by atoms with E-state index >= 15 is 0 Å². The number of benzene rings is 1. The van der Waals surface area contributed by atoms with Crippen molar-refractivity contribution in [3.05, 3.63) is 85.7 Å². The van der Waals surface area contributed by atoms with Crippen molar-refractivity contribution in [2.75, 3.05) is 6.54 Å². The second-order valence-electron chi connectivity index (χ2n) is 5.41. The third kappa shape index (κ3) is 3.83. The fraction of sp³-hybridized carbons (Fsp3) is 0.118. The lowest BCUT2D eigenvalue weighted by molar-refractivity contribution is 0.0950. The van der Waals surface area contributed by atoms with E-state index in [9.17, 15) is 19.2 Å². The van der Waals surface area contributed by atoms with Gasteiger partial charge in [0.2, 0.25) is 0 Å². The SMILES string of the molecule is O=C(NCCn1cnc(-c2ccccc2)cc1=O)c1c[nH]c(=O)[nH]c1=O. The number of nitrogens with one attached hydrogen (secondary N) is 3. The van der Waals surface area contributed by atoms with Crippen LogP contribution in [0, 0.1) is 0 Å². The van der Waals surface area contributed by atoms with E-state index in [1.165, 1.54) is 17.0 Å². The number of carbonyl (C=O) groups is 1. The summed E-state index contributed by atoms with van der Waals surface area (Å²) in [6, 6.07) is 10.7. The molecule has 9 heteroatoms. The van der Waals surface area contributed by atoms with Crippen LogP contribution in [0.5, 0.6) is 0 Å². The standard InChI is InChI=1S/C17H15N5O4/c23-14-8-13(11-4-2-1-3-5-11)20-10-22(14)7-6-18-15(24)12-9-19-17(26)21-16(12)25/h1-5,8-10H,6-7H2,(H,18,24)(H2,19,21,25,26). The number of aromatic amines is 2. The molecule has 3 aromatic rings. The fourth-order valence-corrected chi connectivity index (χ4v) is 2.32. The highest BCUT2D eigenvalue weighted by molar-refractivity contribution is 5.93. The van der Waals surface area contributed by atoms with E-state index in [0.29, 0.717) is 5.69 Å². The molecule has 3 rings (SSSR count). The average Bonchev–Trinajstić information content (AvgIpc) is 2.63. The minimum atomic E-state index is -0.780. The largest absolute Gasteiger partial charge is 0.350 e. The predicted molar refractivity (Wildman–Crippen MR) is 93.9 cm³/mol. The van der Waals surface area contributed by atoms with Crippen LogP contribution in [0.3, 0.4) is 0 Å². The van der Waals surface area contributed by atoms with Gasteiger partial charge in [-0.05, 0) is 0 Å². The third-order valence-corrected chi connectivity index (χ3v) is 3.65. The Balaban J connectivity index is 1.65. The number of nitrogens with zero attached hydrogens (tertiary/aromatic N) is 2. The monoisotopic (exact) mass is 353 g/mol. The number of amides is 1. The smallest absolute Gasteiger partial charge is 0.325 e. The molecule has 0 radical (unpaired) electrons. The zero-order valence-electron chi connectivity index (χ0n) is 13.6. The van der Waals surface area contributed by atoms with Crippen molar-refractivity contribution in [2.24, 2.45) is 0 Å². The molecule has 0 unspecified atom stereocenters. The normalized spacial score (nSPS) is 10.5. The first-order valence-electron chi connectivity index (χ1n) is 7.77. The number of aromatic nitrogens is 4. The minimum Gasteiger partial charge on any atom is -0.350 e. The van der Waals surface area contributed by atoms with Crippen LogP contribution in [-0.4, -0.2) is 32.0 Å². The van der Waals surface area contributed by atoms with Gasteiger partial charge in [-0.3, -0.25) is 23.9 Å². The summed E-state index contributed by atoms with van der Waals surface area (Å²) < 4.78 is 1.35. The van der Waals surface area contributed by atoms with Gasteiger partial charge < -0.3 is 10.3 Å². The van der Waals surface area contributed by atoms with Crippen LogP contribution in [-0.2, 0) is 6.54 Å². The Morgan fingerprint density at radius 2 is 1.92 bits per heavy atom. The van der Waals surface area contributed by atoms with Crippen molar-refractivity contribution < 1.29 is 4.79 Å². The van der Waals surface area contributed by atoms with Gasteiger partial charge in [-0.25, -0.2) is 9.78 Å². The van der Waals surface area contributed by atoms with E-state index in [4.69, 9.17) is 0 Å². The van der Waals surface area contributed by atoms with E-state index in [2.05, 4.69) is 15.3 Å². The molecule has 0 saturated carbocycles. The Kier molecular flexibility index (Phi) is 4.88. The Morgan fingerprint density at radius 3 is 2.62 bits per heavy atom. The fourth-order valence-electron chi connectivity index (χ4n) is 2.32. The molecule has 0 saturated heterocycles. The number of hydrogen-bond donors (Lipinski definition) is 3. The molecule has 0 aliphatic heterocycles. The summed E-state index contributed by atoms with van der Waals surface area (Å²) >= 11 is 0. The van der Waals surface area contributed by atoms with Crippen LogP contribution in [0.25, 0.3) is 11.3 Å². The second kappa shape index (κ2) is 7.43. The number of carbonyl (C=O) groups excluding carboxylic acids is 1. The van der Waals surface area contributed by atoms with Crippen molar-refractivity contribution in [1.82, 2.24) is 24.8 Å². The molecule has 3 N–H and O–H groups in total. The molecule has 1 amide bonds. The van der Waals surface area contributed by atoms with Crippen molar-refractivity contribution in [3.8, 4) is 11.3 Å². The maximum absolute atomic E-state index is 12.2. The molecule has 132 valence electrons. The van der Waals surface area contributed by atoms with Crippen LogP contribution in [0.4, 0.5) is 0 Å². The van der Waals surface area contributed by atoms with Crippen molar-refractivity contribution in [1.29, 1.82) is 0 Å². The van der Waals surface area contributed by atoms with Crippen LogP contribution >= 0.6 is 0 Å². The quantitative estimate of drug-likeness (QED) is 0.581. The Bertz CT molecular complexity index is 1100. The van der Waals surface area contributed by atoms with E-state index < -0.39 is 17.2 Å². The summed E-state index contributed by atoms with van der Waals surface area (Å²) in [6.45, 7) is 0.303. The van der Waals surface area contributed by atoms with Gasteiger partial charge in [0, 0.05) is 30.9 Å². The van der Waals surface area contributed by atoms with Gasteiger partial charge in [0.05, 0.1) is 12.0 Å². The summed E-state index contributed by atoms with van der Waals surface area (Å²) in [5, 5.41) is 2.51. The Morgan fingerprint density at radius 1 is 1.15 bits per heavy atom. The van der Waals surface area contributed by atoms with Crippen molar-refractivity contribution >= 4 is 5.91 Å². The first-order chi connectivity index (χ1) is 12.5. The second-order valence-corrected chi connectivity index (χ2v) is 5.41. The third-order valence-electron chi connectivity index (χ3n) is 3.65. The molecule has 2 aromatic heterocycles. The molecule has 0 aliphatic carbocycles. The molecule has 26 heavy (non-hydrogen) atoms. The minimum absolute atomic E-state index is 0.115. The van der Waals surface area contributed by atoms with E-state index in [-0.39, 0.29) is 24.2 Å². The maximum Gasteiger partial charge on any atom is 0.325 e. The zero-order chi connectivity index (χ0) is 18.5. The summed E-state index contributed by atoms with van der Waals surface area (Å²) in [4.78, 5) is 55.0. The molecule has 0 bridgehead atoms. The highest BCUT2D eigenvalue weighted by Crippen LogP contribution is 2.13. The van der Waals surface area contributed by atoms with Gasteiger partial charge in [-0.2, -0.15) is 0 Å². The lowest BCUT2D eigenvalue weighted by Crippen LogP contribution is -2.35. The highest BCUT2D eigenvalue weighted by Gasteiger charge is 2.10. The molecule has 2 heterocycles. The van der Waals surface area contributed by atoms with E-state index in [1.807, 2.05) is 35.3 Å². The van der Waals surface area contributed by atoms with E-state index in [0.717, 1.165) is 11.8 Å². The number of rotatable bonds is 5. The molecule has 9 nitrogen and oxygen atoms in total. The molecule has 0 aliphatic rings. The Labute approximate surface area is 146 Å². The molecule has 1 aromatic carbocycles. The zero-order valence-corrected chi connectivity index (χ0v) is 13.6. The van der Waals surface area contributed by atoms with Gasteiger partial charge >= 0.3 is 5.69 Å².